The quantitative estimate of drug-likeness (QED) is 0.00914. The van der Waals surface area contributed by atoms with Gasteiger partial charge in [0.25, 0.3) is 0 Å². The van der Waals surface area contributed by atoms with Gasteiger partial charge in [0.05, 0.1) is 27.7 Å². The lowest BCUT2D eigenvalue weighted by Gasteiger charge is -2.24. The van der Waals surface area contributed by atoms with Crippen molar-refractivity contribution in [2.45, 2.75) is 161 Å². The fourth-order valence-corrected chi connectivity index (χ4v) is 5.94. The van der Waals surface area contributed by atoms with Crippen molar-refractivity contribution in [3.63, 3.8) is 0 Å². The molecule has 0 fully saturated rings. The van der Waals surface area contributed by atoms with Crippen LogP contribution in [0.25, 0.3) is 0 Å². The predicted octanol–water partition coefficient (Wildman–Crippen LogP) is 10.6. The molecule has 0 rings (SSSR count). The van der Waals surface area contributed by atoms with Crippen LogP contribution in [0.2, 0.25) is 0 Å². The number of phosphoric ester groups is 1. The van der Waals surface area contributed by atoms with Gasteiger partial charge in [0.2, 0.25) is 0 Å². The molecule has 3 atom stereocenters. The van der Waals surface area contributed by atoms with Crippen LogP contribution in [0.15, 0.2) is 48.6 Å². The zero-order valence-corrected chi connectivity index (χ0v) is 35.4. The molecule has 0 radical (unpaired) electrons. The topological polar surface area (TPSA) is 138 Å². The largest absolute Gasteiger partial charge is 0.472 e. The van der Waals surface area contributed by atoms with Crippen molar-refractivity contribution < 1.29 is 52.2 Å². The molecule has 314 valence electrons. The van der Waals surface area contributed by atoms with Gasteiger partial charge in [0, 0.05) is 12.8 Å². The molecule has 0 spiro atoms. The molecule has 0 aliphatic heterocycles. The number of likely N-dealkylation sites (N-methyl/N-ethyl adjacent to an activating group) is 1. The first-order valence-electron chi connectivity index (χ1n) is 20.6. The Morgan fingerprint density at radius 1 is 0.685 bits per heavy atom. The van der Waals surface area contributed by atoms with E-state index in [0.29, 0.717) is 30.3 Å². The van der Waals surface area contributed by atoms with Crippen LogP contribution < -0.4 is 0 Å². The number of rotatable bonds is 37. The Labute approximate surface area is 328 Å². The average molecular weight is 787 g/mol. The zero-order chi connectivity index (χ0) is 40.2. The first-order valence-corrected chi connectivity index (χ1v) is 22.1. The van der Waals surface area contributed by atoms with E-state index in [-0.39, 0.29) is 32.2 Å². The number of allylic oxidation sites excluding steroid dienone is 7. The van der Waals surface area contributed by atoms with Gasteiger partial charge in [-0.1, -0.05) is 120 Å². The lowest BCUT2D eigenvalue weighted by atomic mass is 10.1. The first kappa shape index (κ1) is 51.9. The minimum atomic E-state index is -4.41. The molecule has 2 N–H and O–H groups in total. The Bertz CT molecular complexity index is 1090. The second kappa shape index (κ2) is 35.3. The molecule has 0 aliphatic carbocycles. The predicted molar refractivity (Wildman–Crippen MR) is 218 cm³/mol. The molecule has 0 bridgehead atoms. The van der Waals surface area contributed by atoms with E-state index in [1.54, 1.807) is 0 Å². The summed E-state index contributed by atoms with van der Waals surface area (Å²) in [4.78, 5) is 39.9. The van der Waals surface area contributed by atoms with E-state index in [4.69, 9.17) is 18.5 Å². The van der Waals surface area contributed by atoms with E-state index in [1.165, 1.54) is 38.5 Å². The Kier molecular flexibility index (Phi) is 33.9. The van der Waals surface area contributed by atoms with Gasteiger partial charge in [0.1, 0.15) is 25.9 Å². The highest BCUT2D eigenvalue weighted by Crippen LogP contribution is 2.43. The molecule has 0 saturated heterocycles. The summed E-state index contributed by atoms with van der Waals surface area (Å²) >= 11 is 0. The van der Waals surface area contributed by atoms with Crippen LogP contribution in [0, 0.1) is 0 Å². The molecule has 0 amide bonds. The van der Waals surface area contributed by atoms with E-state index >= 15 is 0 Å². The molecule has 11 nitrogen and oxygen atoms in total. The van der Waals surface area contributed by atoms with Crippen LogP contribution in [0.5, 0.6) is 0 Å². The highest BCUT2D eigenvalue weighted by atomic mass is 31.2. The molecule has 0 saturated carbocycles. The third-order valence-corrected chi connectivity index (χ3v) is 9.54. The summed E-state index contributed by atoms with van der Waals surface area (Å²) in [5.74, 6) is -0.934. The lowest BCUT2D eigenvalue weighted by molar-refractivity contribution is -0.870. The summed E-state index contributed by atoms with van der Waals surface area (Å²) in [6.07, 6.45) is 34.5. The number of hydrogen-bond acceptors (Lipinski definition) is 9. The molecular formula is C42H77NO10P+. The third-order valence-electron chi connectivity index (χ3n) is 8.55. The maximum atomic E-state index is 12.7. The van der Waals surface area contributed by atoms with Crippen LogP contribution in [0.3, 0.4) is 0 Å². The second-order valence-electron chi connectivity index (χ2n) is 14.9. The van der Waals surface area contributed by atoms with Crippen molar-refractivity contribution in [2.75, 3.05) is 47.5 Å². The summed E-state index contributed by atoms with van der Waals surface area (Å²) in [7, 11) is 1.38. The summed E-state index contributed by atoms with van der Waals surface area (Å²) in [6, 6.07) is 0. The smallest absolute Gasteiger partial charge is 0.462 e. The highest BCUT2D eigenvalue weighted by Gasteiger charge is 2.27. The summed E-state index contributed by atoms with van der Waals surface area (Å²) < 4.78 is 34.1. The molecule has 0 aromatic carbocycles. The average Bonchev–Trinajstić information content (AvgIpc) is 3.12. The lowest BCUT2D eigenvalue weighted by Crippen LogP contribution is -2.37. The maximum absolute atomic E-state index is 12.7. The molecule has 0 aromatic rings. The number of unbranched alkanes of at least 4 members (excludes halogenated alkanes) is 13. The van der Waals surface area contributed by atoms with Crippen molar-refractivity contribution in [1.82, 2.24) is 0 Å². The number of esters is 2. The molecule has 0 heterocycles. The zero-order valence-electron chi connectivity index (χ0n) is 34.5. The van der Waals surface area contributed by atoms with Gasteiger partial charge in [-0.3, -0.25) is 23.9 Å². The highest BCUT2D eigenvalue weighted by molar-refractivity contribution is 7.47. The van der Waals surface area contributed by atoms with E-state index in [2.05, 4.69) is 49.1 Å². The molecule has 2 unspecified atom stereocenters. The Morgan fingerprint density at radius 3 is 1.87 bits per heavy atom. The van der Waals surface area contributed by atoms with E-state index in [1.807, 2.05) is 39.4 Å². The van der Waals surface area contributed by atoms with Crippen molar-refractivity contribution in [1.29, 1.82) is 0 Å². The van der Waals surface area contributed by atoms with Crippen molar-refractivity contribution >= 4 is 19.8 Å². The Balaban J connectivity index is 4.61. The molecule has 0 aliphatic rings. The van der Waals surface area contributed by atoms with Crippen molar-refractivity contribution in [2.24, 2.45) is 0 Å². The third kappa shape index (κ3) is 36.8. The van der Waals surface area contributed by atoms with Crippen molar-refractivity contribution in [3.8, 4) is 0 Å². The SMILES string of the molecule is CCCCC/C=C/C=C/C(CCCCCCC(=O)OC[C@H](COP(=O)(O)OCC[N+](C)(C)C)OC(=O)CCCCCC/C=C/C/C=C/CCCCC)OO. The number of phosphoric acid groups is 1. The number of hydrogen-bond donors (Lipinski definition) is 2. The van der Waals surface area contributed by atoms with Crippen LogP contribution in [0.4, 0.5) is 0 Å². The standard InChI is InChI=1S/C42H76NO10P/c1-6-8-10-12-14-15-16-17-18-19-20-22-24-30-34-42(45)52-40(38-51-54(47,48)50-36-35-43(3,4)5)37-49-41(44)33-29-26-25-28-32-39(53-46)31-27-23-21-13-11-9-7-2/h14-15,17-18,21,23,27,31,39-40H,6-13,16,19-20,22,24-26,28-30,32-38H2,1-5H3,(H-,46,47,48)/p+1/b15-14+,18-17+,23-21+,31-27+/t39?,40-/m1/s1. The number of carbonyl (C=O) groups is 2. The van der Waals surface area contributed by atoms with Crippen LogP contribution in [-0.4, -0.2) is 86.3 Å². The normalized spacial score (nSPS) is 14.7. The molecule has 0 aromatic heterocycles. The van der Waals surface area contributed by atoms with Crippen LogP contribution in [0.1, 0.15) is 149 Å². The summed E-state index contributed by atoms with van der Waals surface area (Å²) in [5, 5.41) is 9.20. The van der Waals surface area contributed by atoms with Gasteiger partial charge in [-0.05, 0) is 64.2 Å². The number of quaternary nitrogens is 1. The van der Waals surface area contributed by atoms with E-state index in [0.717, 1.165) is 64.2 Å². The fraction of sp³-hybridized carbons (Fsp3) is 0.762. The second-order valence-corrected chi connectivity index (χ2v) is 16.4. The van der Waals surface area contributed by atoms with Crippen LogP contribution in [-0.2, 0) is 37.6 Å². The molecule has 54 heavy (non-hydrogen) atoms. The minimum absolute atomic E-state index is 0.00357. The summed E-state index contributed by atoms with van der Waals surface area (Å²) in [6.45, 7) is 4.14. The number of ether oxygens (including phenoxy) is 2. The number of carbonyl (C=O) groups excluding carboxylic acids is 2. The Hall–Kier alpha value is -2.11. The monoisotopic (exact) mass is 787 g/mol. The van der Waals surface area contributed by atoms with Gasteiger partial charge in [-0.25, -0.2) is 9.45 Å². The first-order chi connectivity index (χ1) is 25.9. The van der Waals surface area contributed by atoms with E-state index < -0.39 is 32.5 Å². The van der Waals surface area contributed by atoms with Gasteiger partial charge in [-0.15, -0.1) is 0 Å². The fourth-order valence-electron chi connectivity index (χ4n) is 5.20. The van der Waals surface area contributed by atoms with Gasteiger partial charge < -0.3 is 18.9 Å². The number of nitrogens with zero attached hydrogens (tertiary/aromatic N) is 1. The van der Waals surface area contributed by atoms with Gasteiger partial charge >= 0.3 is 19.8 Å². The van der Waals surface area contributed by atoms with Crippen LogP contribution >= 0.6 is 7.82 Å². The summed E-state index contributed by atoms with van der Waals surface area (Å²) in [5.41, 5.74) is 0. The molecular weight excluding hydrogens is 709 g/mol. The molecule has 12 heteroatoms. The van der Waals surface area contributed by atoms with Gasteiger partial charge in [0.15, 0.2) is 6.10 Å². The van der Waals surface area contributed by atoms with Gasteiger partial charge in [-0.2, -0.15) is 0 Å². The minimum Gasteiger partial charge on any atom is -0.462 e. The maximum Gasteiger partial charge on any atom is 0.472 e. The Morgan fingerprint density at radius 2 is 1.26 bits per heavy atom. The van der Waals surface area contributed by atoms with Crippen molar-refractivity contribution in [3.05, 3.63) is 48.6 Å². The van der Waals surface area contributed by atoms with E-state index in [9.17, 15) is 24.3 Å².